The van der Waals surface area contributed by atoms with Crippen LogP contribution in [0.15, 0.2) is 150 Å². The third kappa shape index (κ3) is 15.9. The molecule has 4 N–H and O–H groups in total. The van der Waals surface area contributed by atoms with Crippen LogP contribution in [0.25, 0.3) is 11.1 Å². The van der Waals surface area contributed by atoms with Gasteiger partial charge in [-0.3, -0.25) is 19.4 Å². The molecule has 8 nitrogen and oxygen atoms in total. The van der Waals surface area contributed by atoms with Crippen LogP contribution in [0.1, 0.15) is 107 Å². The van der Waals surface area contributed by atoms with E-state index < -0.39 is 7.12 Å². The molecular weight excluding hydrogens is 883 g/mol. The van der Waals surface area contributed by atoms with Crippen LogP contribution >= 0.6 is 15.9 Å². The molecule has 0 spiro atoms. The number of carbonyl (C=O) groups is 2. The van der Waals surface area contributed by atoms with Gasteiger partial charge >= 0.3 is 7.12 Å². The summed E-state index contributed by atoms with van der Waals surface area (Å²) in [6.07, 6.45) is 13.4. The first kappa shape index (κ1) is 50.1. The summed E-state index contributed by atoms with van der Waals surface area (Å²) in [4.78, 5) is 30.0. The molecule has 6 aromatic carbocycles. The summed E-state index contributed by atoms with van der Waals surface area (Å²) in [6, 6.07) is 48.5. The maximum atomic E-state index is 12.8. The van der Waals surface area contributed by atoms with Crippen LogP contribution in [0.4, 0.5) is 11.4 Å². The molecule has 2 aliphatic carbocycles. The molecule has 10 heteroatoms. The molecule has 8 rings (SSSR count). The molecule has 0 aliphatic heterocycles. The number of halogens is 1. The lowest BCUT2D eigenvalue weighted by Crippen LogP contribution is -2.32. The second-order valence-corrected chi connectivity index (χ2v) is 18.9. The van der Waals surface area contributed by atoms with E-state index in [9.17, 15) is 9.59 Å². The van der Waals surface area contributed by atoms with E-state index in [2.05, 4.69) is 106 Å². The zero-order chi connectivity index (χ0) is 46.8. The topological polar surface area (TPSA) is 105 Å². The minimum atomic E-state index is -1.35. The highest BCUT2D eigenvalue weighted by Gasteiger charge is 2.19. The third-order valence-corrected chi connectivity index (χ3v) is 13.1. The number of hydrogen-bond acceptors (Lipinski definition) is 6. The van der Waals surface area contributed by atoms with Gasteiger partial charge in [-0.05, 0) is 136 Å². The van der Waals surface area contributed by atoms with Crippen molar-refractivity contribution in [3.63, 3.8) is 0 Å². The van der Waals surface area contributed by atoms with Crippen molar-refractivity contribution in [3.05, 3.63) is 183 Å². The van der Waals surface area contributed by atoms with Gasteiger partial charge in [-0.15, -0.1) is 0 Å². The molecular formula is C56H66BBrN4O4. The first-order chi connectivity index (χ1) is 31.9. The minimum Gasteiger partial charge on any atom is -0.423 e. The van der Waals surface area contributed by atoms with Crippen LogP contribution in [0.2, 0.25) is 0 Å². The zero-order valence-electron chi connectivity index (χ0n) is 39.1. The van der Waals surface area contributed by atoms with Gasteiger partial charge in [-0.2, -0.15) is 0 Å². The Morgan fingerprint density at radius 1 is 0.545 bits per heavy atom. The Balaban J connectivity index is 0.000000183. The lowest BCUT2D eigenvalue weighted by atomic mass is 9.80. The van der Waals surface area contributed by atoms with Crippen LogP contribution in [0.5, 0.6) is 0 Å². The number of carbonyl (C=O) groups excluding carboxylic acids is 2. The fraction of sp³-hybridized carbons (Fsp3) is 0.321. The number of amides is 2. The summed E-state index contributed by atoms with van der Waals surface area (Å²) < 4.78 is 0.904. The van der Waals surface area contributed by atoms with Crippen molar-refractivity contribution in [3.8, 4) is 11.1 Å². The number of rotatable bonds is 12. The van der Waals surface area contributed by atoms with Gasteiger partial charge in [-0.1, -0.05) is 157 Å². The van der Waals surface area contributed by atoms with Gasteiger partial charge < -0.3 is 20.7 Å². The van der Waals surface area contributed by atoms with Crippen molar-refractivity contribution in [1.29, 1.82) is 0 Å². The van der Waals surface area contributed by atoms with E-state index in [0.717, 1.165) is 45.6 Å². The highest BCUT2D eigenvalue weighted by molar-refractivity contribution is 9.10. The second-order valence-electron chi connectivity index (χ2n) is 18.0. The molecule has 66 heavy (non-hydrogen) atoms. The van der Waals surface area contributed by atoms with Crippen molar-refractivity contribution in [2.24, 2.45) is 0 Å². The molecule has 0 bridgehead atoms. The summed E-state index contributed by atoms with van der Waals surface area (Å²) in [5, 5.41) is 23.3. The van der Waals surface area contributed by atoms with E-state index in [0.29, 0.717) is 28.7 Å². The Morgan fingerprint density at radius 3 is 1.41 bits per heavy atom. The number of nitrogens with zero attached hydrogens (tertiary/aromatic N) is 2. The normalized spacial score (nSPS) is 14.1. The van der Waals surface area contributed by atoms with Crippen molar-refractivity contribution in [1.82, 2.24) is 9.80 Å². The van der Waals surface area contributed by atoms with Gasteiger partial charge in [0.05, 0.1) is 0 Å². The average molecular weight is 950 g/mol. The van der Waals surface area contributed by atoms with Crippen LogP contribution in [-0.4, -0.2) is 65.0 Å². The van der Waals surface area contributed by atoms with Crippen molar-refractivity contribution >= 4 is 51.7 Å². The molecule has 2 fully saturated rings. The fourth-order valence-electron chi connectivity index (χ4n) is 8.63. The molecule has 2 amide bonds. The highest BCUT2D eigenvalue weighted by Crippen LogP contribution is 2.26. The molecule has 2 aliphatic rings. The monoisotopic (exact) mass is 948 g/mol. The molecule has 0 radical (unpaired) electrons. The molecule has 0 aromatic heterocycles. The van der Waals surface area contributed by atoms with Crippen molar-refractivity contribution in [2.45, 2.75) is 103 Å². The standard InChI is InChI=1S/C28H32N2O.C21H25BrN2O.C7H9BO2/c1-21-11-15-23(16-12-21)24-7-6-8-25(19-24)28(31)29-26-17-13-22(14-18-26)20-30(2)27-9-4-3-5-10-27;1-24(20-8-3-2-4-9-20)15-16-10-12-19(13-11-16)23-21(25)17-6-5-7-18(22)14-17;1-6-2-4-7(5-3-6)8(9)10/h6-8,11-19,27H,3-5,9-10,20H2,1-2H3,(H,29,31);5-7,10-14,20H,2-4,8-9,15H2,1H3,(H,23,25);2-5,9-10H,1H3. The maximum Gasteiger partial charge on any atom is 0.488 e. The minimum absolute atomic E-state index is 0.0824. The number of hydrogen-bond donors (Lipinski definition) is 4. The van der Waals surface area contributed by atoms with Crippen molar-refractivity contribution in [2.75, 3.05) is 24.7 Å². The Kier molecular flexibility index (Phi) is 19.4. The summed E-state index contributed by atoms with van der Waals surface area (Å²) in [5.74, 6) is -0.172. The summed E-state index contributed by atoms with van der Waals surface area (Å²) in [5.41, 5.74) is 10.6. The number of benzene rings is 6. The molecule has 0 atom stereocenters. The van der Waals surface area contributed by atoms with E-state index in [1.165, 1.54) is 80.9 Å². The van der Waals surface area contributed by atoms with Gasteiger partial charge in [0, 0.05) is 52.1 Å². The molecule has 2 saturated carbocycles. The Hall–Kier alpha value is -5.36. The van der Waals surface area contributed by atoms with E-state index in [1.807, 2.05) is 91.9 Å². The Bertz CT molecular complexity index is 2420. The Morgan fingerprint density at radius 2 is 0.970 bits per heavy atom. The van der Waals surface area contributed by atoms with Gasteiger partial charge in [-0.25, -0.2) is 0 Å². The maximum absolute atomic E-state index is 12.8. The SMILES string of the molecule is CN(Cc1ccc(NC(=O)c2cccc(Br)c2)cc1)C1CCCCC1.Cc1ccc(-c2cccc(C(=O)Nc3ccc(CN(C)C4CCCCC4)cc3)c2)cc1.Cc1ccc(B(O)O)cc1. The smallest absolute Gasteiger partial charge is 0.423 e. The predicted molar refractivity (Wildman–Crippen MR) is 277 cm³/mol. The van der Waals surface area contributed by atoms with Gasteiger partial charge in [0.15, 0.2) is 0 Å². The lowest BCUT2D eigenvalue weighted by molar-refractivity contribution is 0.101. The fourth-order valence-corrected chi connectivity index (χ4v) is 9.02. The van der Waals surface area contributed by atoms with Crippen LogP contribution in [0, 0.1) is 13.8 Å². The molecule has 0 heterocycles. The first-order valence-corrected chi connectivity index (χ1v) is 24.3. The quantitative estimate of drug-likeness (QED) is 0.0911. The summed E-state index contributed by atoms with van der Waals surface area (Å²) >= 11 is 3.40. The van der Waals surface area contributed by atoms with E-state index in [4.69, 9.17) is 10.0 Å². The van der Waals surface area contributed by atoms with Gasteiger partial charge in [0.2, 0.25) is 0 Å². The molecule has 6 aromatic rings. The van der Waals surface area contributed by atoms with E-state index in [1.54, 1.807) is 12.1 Å². The zero-order valence-corrected chi connectivity index (χ0v) is 40.6. The molecule has 0 saturated heterocycles. The van der Waals surface area contributed by atoms with Crippen LogP contribution in [0.3, 0.4) is 0 Å². The van der Waals surface area contributed by atoms with Gasteiger partial charge in [0.1, 0.15) is 0 Å². The van der Waals surface area contributed by atoms with E-state index >= 15 is 0 Å². The van der Waals surface area contributed by atoms with E-state index in [-0.39, 0.29) is 11.8 Å². The van der Waals surface area contributed by atoms with Gasteiger partial charge in [0.25, 0.3) is 11.8 Å². The number of nitrogens with one attached hydrogen (secondary N) is 2. The van der Waals surface area contributed by atoms with Crippen LogP contribution < -0.4 is 16.1 Å². The lowest BCUT2D eigenvalue weighted by Gasteiger charge is -2.31. The first-order valence-electron chi connectivity index (χ1n) is 23.5. The van der Waals surface area contributed by atoms with Crippen LogP contribution in [-0.2, 0) is 13.1 Å². The average Bonchev–Trinajstić information content (AvgIpc) is 3.34. The Labute approximate surface area is 401 Å². The third-order valence-electron chi connectivity index (χ3n) is 12.7. The summed E-state index contributed by atoms with van der Waals surface area (Å²) in [7, 11) is 3.10. The molecule has 0 unspecified atom stereocenters. The number of anilines is 2. The van der Waals surface area contributed by atoms with Crippen molar-refractivity contribution < 1.29 is 19.6 Å². The largest absolute Gasteiger partial charge is 0.488 e. The second kappa shape index (κ2) is 25.5. The predicted octanol–water partition coefficient (Wildman–Crippen LogP) is 11.8. The summed E-state index contributed by atoms with van der Waals surface area (Å²) in [6.45, 7) is 5.95. The number of aryl methyl sites for hydroxylation is 2. The highest BCUT2D eigenvalue weighted by atomic mass is 79.9. The molecule has 344 valence electrons.